The molecule has 7 heteroatoms. The SMILES string of the molecule is Cc1ccc(C)c(OCC(O)Cn2c(C)cc(=O)n3ncnc23)c1C. The molecule has 0 aliphatic rings. The first-order chi connectivity index (χ1) is 11.9. The van der Waals surface area contributed by atoms with Gasteiger partial charge in [-0.25, -0.2) is 0 Å². The lowest BCUT2D eigenvalue weighted by molar-refractivity contribution is 0.0918. The Bertz CT molecular complexity index is 974. The van der Waals surface area contributed by atoms with Gasteiger partial charge in [0.1, 0.15) is 24.8 Å². The van der Waals surface area contributed by atoms with Crippen LogP contribution in [0.2, 0.25) is 0 Å². The minimum atomic E-state index is -0.749. The molecule has 1 unspecified atom stereocenters. The zero-order valence-electron chi connectivity index (χ0n) is 14.9. The van der Waals surface area contributed by atoms with Crippen LogP contribution in [0, 0.1) is 27.7 Å². The van der Waals surface area contributed by atoms with Crippen molar-refractivity contribution in [2.75, 3.05) is 6.61 Å². The quantitative estimate of drug-likeness (QED) is 0.761. The second-order valence-corrected chi connectivity index (χ2v) is 6.32. The Morgan fingerprint density at radius 2 is 1.92 bits per heavy atom. The molecule has 132 valence electrons. The van der Waals surface area contributed by atoms with Gasteiger partial charge in [-0.3, -0.25) is 4.79 Å². The average molecular weight is 342 g/mol. The van der Waals surface area contributed by atoms with Crippen LogP contribution >= 0.6 is 0 Å². The Kier molecular flexibility index (Phi) is 4.59. The van der Waals surface area contributed by atoms with Crippen molar-refractivity contribution >= 4 is 5.78 Å². The first kappa shape index (κ1) is 17.2. The average Bonchev–Trinajstić information content (AvgIpc) is 3.05. The minimum absolute atomic E-state index is 0.150. The fraction of sp³-hybridized carbons (Fsp3) is 0.389. The summed E-state index contributed by atoms with van der Waals surface area (Å²) in [5, 5.41) is 14.3. The van der Waals surface area contributed by atoms with Crippen LogP contribution in [0.15, 0.2) is 29.3 Å². The van der Waals surface area contributed by atoms with Gasteiger partial charge in [-0.15, -0.1) is 0 Å². The van der Waals surface area contributed by atoms with E-state index < -0.39 is 6.10 Å². The van der Waals surface area contributed by atoms with Gasteiger partial charge in [0.05, 0.1) is 6.54 Å². The molecule has 0 aliphatic heterocycles. The van der Waals surface area contributed by atoms with Crippen molar-refractivity contribution in [3.63, 3.8) is 0 Å². The van der Waals surface area contributed by atoms with E-state index in [9.17, 15) is 9.90 Å². The molecule has 25 heavy (non-hydrogen) atoms. The Balaban J connectivity index is 1.78. The van der Waals surface area contributed by atoms with Gasteiger partial charge in [-0.05, 0) is 44.4 Å². The molecule has 0 radical (unpaired) electrons. The predicted octanol–water partition coefficient (Wildman–Crippen LogP) is 1.56. The predicted molar refractivity (Wildman–Crippen MR) is 94.1 cm³/mol. The summed E-state index contributed by atoms with van der Waals surface area (Å²) in [5.41, 5.74) is 3.74. The summed E-state index contributed by atoms with van der Waals surface area (Å²) in [4.78, 5) is 16.0. The molecule has 0 saturated heterocycles. The van der Waals surface area contributed by atoms with Gasteiger partial charge in [0.25, 0.3) is 5.56 Å². The van der Waals surface area contributed by atoms with Crippen LogP contribution in [0.1, 0.15) is 22.4 Å². The third kappa shape index (κ3) is 3.28. The van der Waals surface area contributed by atoms with Crippen molar-refractivity contribution in [2.45, 2.75) is 40.3 Å². The van der Waals surface area contributed by atoms with E-state index in [1.807, 2.05) is 26.8 Å². The highest BCUT2D eigenvalue weighted by molar-refractivity contribution is 5.44. The van der Waals surface area contributed by atoms with Crippen LogP contribution in [0.5, 0.6) is 5.75 Å². The van der Waals surface area contributed by atoms with Crippen LogP contribution < -0.4 is 10.3 Å². The summed E-state index contributed by atoms with van der Waals surface area (Å²) in [6, 6.07) is 5.54. The minimum Gasteiger partial charge on any atom is -0.490 e. The van der Waals surface area contributed by atoms with Gasteiger partial charge < -0.3 is 14.4 Å². The van der Waals surface area contributed by atoms with Gasteiger partial charge in [0, 0.05) is 11.8 Å². The summed E-state index contributed by atoms with van der Waals surface area (Å²) in [6.07, 6.45) is 0.579. The Hall–Kier alpha value is -2.67. The monoisotopic (exact) mass is 342 g/mol. The molecule has 7 nitrogen and oxygen atoms in total. The smallest absolute Gasteiger partial charge is 0.275 e. The summed E-state index contributed by atoms with van der Waals surface area (Å²) in [5.74, 6) is 1.22. The van der Waals surface area contributed by atoms with Crippen molar-refractivity contribution in [3.8, 4) is 5.75 Å². The first-order valence-electron chi connectivity index (χ1n) is 8.16. The Morgan fingerprint density at radius 3 is 2.68 bits per heavy atom. The molecular weight excluding hydrogens is 320 g/mol. The number of benzene rings is 1. The maximum atomic E-state index is 11.9. The maximum absolute atomic E-state index is 11.9. The van der Waals surface area contributed by atoms with Crippen LogP contribution in [0.3, 0.4) is 0 Å². The third-order valence-corrected chi connectivity index (χ3v) is 4.43. The van der Waals surface area contributed by atoms with Gasteiger partial charge >= 0.3 is 0 Å². The van der Waals surface area contributed by atoms with Gasteiger partial charge in [-0.1, -0.05) is 12.1 Å². The summed E-state index contributed by atoms with van der Waals surface area (Å²) in [7, 11) is 0. The molecule has 0 fully saturated rings. The molecule has 3 rings (SSSR count). The van der Waals surface area contributed by atoms with Crippen LogP contribution in [-0.4, -0.2) is 37.0 Å². The lowest BCUT2D eigenvalue weighted by Crippen LogP contribution is -2.28. The van der Waals surface area contributed by atoms with E-state index in [-0.39, 0.29) is 18.7 Å². The Morgan fingerprint density at radius 1 is 1.20 bits per heavy atom. The first-order valence-corrected chi connectivity index (χ1v) is 8.16. The normalized spacial score (nSPS) is 12.5. The van der Waals surface area contributed by atoms with Crippen molar-refractivity contribution in [2.24, 2.45) is 0 Å². The number of aliphatic hydroxyl groups is 1. The molecular formula is C18H22N4O3. The standard InChI is InChI=1S/C18H22N4O3/c1-11-5-6-12(2)17(14(11)4)25-9-15(23)8-21-13(3)7-16(24)22-18(21)19-10-20-22/h5-7,10,15,23H,8-9H2,1-4H3. The lowest BCUT2D eigenvalue weighted by atomic mass is 10.1. The zero-order chi connectivity index (χ0) is 18.1. The van der Waals surface area contributed by atoms with Crippen molar-refractivity contribution < 1.29 is 9.84 Å². The zero-order valence-corrected chi connectivity index (χ0v) is 14.9. The molecule has 1 atom stereocenters. The van der Waals surface area contributed by atoms with E-state index in [1.165, 1.54) is 16.9 Å². The van der Waals surface area contributed by atoms with Crippen molar-refractivity contribution in [3.05, 3.63) is 57.3 Å². The second kappa shape index (κ2) is 6.68. The molecule has 0 spiro atoms. The van der Waals surface area contributed by atoms with Crippen LogP contribution in [-0.2, 0) is 6.54 Å². The topological polar surface area (TPSA) is 81.7 Å². The summed E-state index contributed by atoms with van der Waals surface area (Å²) >= 11 is 0. The van der Waals surface area contributed by atoms with E-state index in [0.29, 0.717) is 11.5 Å². The second-order valence-electron chi connectivity index (χ2n) is 6.32. The third-order valence-electron chi connectivity index (χ3n) is 4.43. The molecule has 1 aromatic carbocycles. The highest BCUT2D eigenvalue weighted by atomic mass is 16.5. The van der Waals surface area contributed by atoms with Crippen LogP contribution in [0.25, 0.3) is 5.78 Å². The number of hydrogen-bond acceptors (Lipinski definition) is 5. The number of aromatic nitrogens is 4. The molecule has 1 N–H and O–H groups in total. The molecule has 0 bridgehead atoms. The number of fused-ring (bicyclic) bond motifs is 1. The maximum Gasteiger partial charge on any atom is 0.275 e. The number of ether oxygens (including phenoxy) is 1. The number of rotatable bonds is 5. The Labute approximate surface area is 145 Å². The molecule has 3 aromatic rings. The van der Waals surface area contributed by atoms with Gasteiger partial charge in [-0.2, -0.15) is 14.6 Å². The number of aliphatic hydroxyl groups excluding tert-OH is 1. The fourth-order valence-electron chi connectivity index (χ4n) is 2.87. The summed E-state index contributed by atoms with van der Waals surface area (Å²) in [6.45, 7) is 8.24. The van der Waals surface area contributed by atoms with Crippen molar-refractivity contribution in [1.29, 1.82) is 0 Å². The van der Waals surface area contributed by atoms with Crippen LogP contribution in [0.4, 0.5) is 0 Å². The number of aryl methyl sites for hydroxylation is 3. The number of hydrogen-bond donors (Lipinski definition) is 1. The highest BCUT2D eigenvalue weighted by Gasteiger charge is 2.14. The number of nitrogens with zero attached hydrogens (tertiary/aromatic N) is 4. The van der Waals surface area contributed by atoms with E-state index in [0.717, 1.165) is 22.4 Å². The van der Waals surface area contributed by atoms with E-state index >= 15 is 0 Å². The summed E-state index contributed by atoms with van der Waals surface area (Å²) < 4.78 is 8.85. The van der Waals surface area contributed by atoms with E-state index in [4.69, 9.17) is 4.74 Å². The largest absolute Gasteiger partial charge is 0.490 e. The van der Waals surface area contributed by atoms with Gasteiger partial charge in [0.15, 0.2) is 0 Å². The highest BCUT2D eigenvalue weighted by Crippen LogP contribution is 2.25. The molecule has 2 heterocycles. The van der Waals surface area contributed by atoms with Crippen molar-refractivity contribution in [1.82, 2.24) is 19.2 Å². The lowest BCUT2D eigenvalue weighted by Gasteiger charge is -2.19. The van der Waals surface area contributed by atoms with E-state index in [1.54, 1.807) is 11.5 Å². The van der Waals surface area contributed by atoms with E-state index in [2.05, 4.69) is 16.1 Å². The molecule has 2 aromatic heterocycles. The molecule has 0 saturated carbocycles. The fourth-order valence-corrected chi connectivity index (χ4v) is 2.87. The van der Waals surface area contributed by atoms with Gasteiger partial charge in [0.2, 0.25) is 5.78 Å². The molecule has 0 amide bonds. The molecule has 0 aliphatic carbocycles.